The topological polar surface area (TPSA) is 49.6 Å². The van der Waals surface area contributed by atoms with Crippen molar-refractivity contribution in [3.05, 3.63) is 30.6 Å². The number of imidazole rings is 1. The summed E-state index contributed by atoms with van der Waals surface area (Å²) in [5.41, 5.74) is 0.865. The van der Waals surface area contributed by atoms with Crippen LogP contribution in [0.1, 0.15) is 0 Å². The molecule has 3 rings (SSSR count). The zero-order valence-corrected chi connectivity index (χ0v) is 8.76. The van der Waals surface area contributed by atoms with Crippen LogP contribution in [0.15, 0.2) is 30.6 Å². The first-order chi connectivity index (χ1) is 7.84. The molecular weight excluding hydrogens is 204 g/mol. The average molecular weight is 216 g/mol. The van der Waals surface area contributed by atoms with Crippen LogP contribution < -0.4 is 10.2 Å². The monoisotopic (exact) mass is 216 g/mol. The van der Waals surface area contributed by atoms with Gasteiger partial charge in [-0.2, -0.15) is 0 Å². The lowest BCUT2D eigenvalue weighted by Gasteiger charge is -2.24. The van der Waals surface area contributed by atoms with Gasteiger partial charge >= 0.3 is 0 Å². The van der Waals surface area contributed by atoms with Gasteiger partial charge < -0.3 is 9.72 Å². The van der Waals surface area contributed by atoms with Crippen LogP contribution in [-0.4, -0.2) is 34.9 Å². The molecular formula is C11H12N4O. The molecule has 1 aliphatic heterocycles. The SMILES string of the molecule is O=C1CNCCN1c1cn2ccccc2n1. The predicted molar refractivity (Wildman–Crippen MR) is 60.4 cm³/mol. The lowest BCUT2D eigenvalue weighted by molar-refractivity contribution is -0.118. The number of nitrogens with zero attached hydrogens (tertiary/aromatic N) is 3. The van der Waals surface area contributed by atoms with Crippen molar-refractivity contribution in [3.8, 4) is 0 Å². The molecule has 0 saturated carbocycles. The highest BCUT2D eigenvalue weighted by Crippen LogP contribution is 2.15. The summed E-state index contributed by atoms with van der Waals surface area (Å²) in [6.07, 6.45) is 3.82. The van der Waals surface area contributed by atoms with Gasteiger partial charge in [0.05, 0.1) is 12.7 Å². The number of carbonyl (C=O) groups is 1. The normalized spacial score (nSPS) is 17.0. The number of carbonyl (C=O) groups excluding carboxylic acids is 1. The summed E-state index contributed by atoms with van der Waals surface area (Å²) in [7, 11) is 0. The Balaban J connectivity index is 2.01. The average Bonchev–Trinajstić information content (AvgIpc) is 2.73. The Morgan fingerprint density at radius 2 is 2.31 bits per heavy atom. The van der Waals surface area contributed by atoms with Crippen molar-refractivity contribution in [2.75, 3.05) is 24.5 Å². The molecule has 16 heavy (non-hydrogen) atoms. The first-order valence-electron chi connectivity index (χ1n) is 5.29. The Hall–Kier alpha value is -1.88. The molecule has 1 amide bonds. The number of hydrogen-bond acceptors (Lipinski definition) is 3. The van der Waals surface area contributed by atoms with Gasteiger partial charge in [0.1, 0.15) is 5.65 Å². The zero-order chi connectivity index (χ0) is 11.0. The van der Waals surface area contributed by atoms with Crippen molar-refractivity contribution in [2.24, 2.45) is 0 Å². The fraction of sp³-hybridized carbons (Fsp3) is 0.273. The Bertz CT molecular complexity index is 501. The van der Waals surface area contributed by atoms with Crippen molar-refractivity contribution in [3.63, 3.8) is 0 Å². The molecule has 0 unspecified atom stereocenters. The molecule has 1 N–H and O–H groups in total. The minimum atomic E-state index is 0.0784. The summed E-state index contributed by atoms with van der Waals surface area (Å²) in [6.45, 7) is 1.90. The second-order valence-corrected chi connectivity index (χ2v) is 3.79. The maximum atomic E-state index is 11.7. The molecule has 0 bridgehead atoms. The van der Waals surface area contributed by atoms with Crippen molar-refractivity contribution in [2.45, 2.75) is 0 Å². The summed E-state index contributed by atoms with van der Waals surface area (Å²) in [6, 6.07) is 5.81. The van der Waals surface area contributed by atoms with Crippen LogP contribution in [0.4, 0.5) is 5.82 Å². The molecule has 3 heterocycles. The molecule has 0 aliphatic carbocycles. The molecule has 1 saturated heterocycles. The predicted octanol–water partition coefficient (Wildman–Crippen LogP) is 0.270. The number of piperazine rings is 1. The van der Waals surface area contributed by atoms with E-state index in [9.17, 15) is 4.79 Å². The number of amides is 1. The van der Waals surface area contributed by atoms with Gasteiger partial charge in [-0.05, 0) is 12.1 Å². The first kappa shape index (κ1) is 9.35. The van der Waals surface area contributed by atoms with Gasteiger partial charge in [0.25, 0.3) is 0 Å². The van der Waals surface area contributed by atoms with E-state index in [0.29, 0.717) is 13.1 Å². The number of rotatable bonds is 1. The Labute approximate surface area is 92.7 Å². The number of anilines is 1. The van der Waals surface area contributed by atoms with E-state index in [-0.39, 0.29) is 5.91 Å². The molecule has 82 valence electrons. The van der Waals surface area contributed by atoms with Gasteiger partial charge in [-0.25, -0.2) is 4.98 Å². The van der Waals surface area contributed by atoms with E-state index in [1.165, 1.54) is 0 Å². The lowest BCUT2D eigenvalue weighted by Crippen LogP contribution is -2.48. The van der Waals surface area contributed by atoms with Crippen molar-refractivity contribution >= 4 is 17.4 Å². The van der Waals surface area contributed by atoms with Gasteiger partial charge in [-0.1, -0.05) is 6.07 Å². The third-order valence-corrected chi connectivity index (χ3v) is 2.72. The second kappa shape index (κ2) is 3.61. The molecule has 0 radical (unpaired) electrons. The van der Waals surface area contributed by atoms with Crippen LogP contribution in [0.5, 0.6) is 0 Å². The maximum absolute atomic E-state index is 11.7. The molecule has 1 fully saturated rings. The van der Waals surface area contributed by atoms with Gasteiger partial charge in [0, 0.05) is 19.3 Å². The third kappa shape index (κ3) is 1.45. The quantitative estimate of drug-likeness (QED) is 0.744. The van der Waals surface area contributed by atoms with Crippen LogP contribution in [-0.2, 0) is 4.79 Å². The molecule has 0 atom stereocenters. The third-order valence-electron chi connectivity index (χ3n) is 2.72. The highest BCUT2D eigenvalue weighted by atomic mass is 16.2. The summed E-state index contributed by atoms with van der Waals surface area (Å²) in [4.78, 5) is 17.8. The van der Waals surface area contributed by atoms with Crippen molar-refractivity contribution < 1.29 is 4.79 Å². The van der Waals surface area contributed by atoms with Crippen LogP contribution in [0.3, 0.4) is 0 Å². The molecule has 2 aromatic rings. The number of hydrogen-bond donors (Lipinski definition) is 1. The Kier molecular flexibility index (Phi) is 2.11. The fourth-order valence-electron chi connectivity index (χ4n) is 1.90. The molecule has 5 heteroatoms. The molecule has 5 nitrogen and oxygen atoms in total. The summed E-state index contributed by atoms with van der Waals surface area (Å²) in [5.74, 6) is 0.812. The van der Waals surface area contributed by atoms with E-state index in [4.69, 9.17) is 0 Å². The minimum absolute atomic E-state index is 0.0784. The summed E-state index contributed by atoms with van der Waals surface area (Å²) >= 11 is 0. The lowest BCUT2D eigenvalue weighted by atomic mass is 10.3. The first-order valence-corrected chi connectivity index (χ1v) is 5.29. The highest BCUT2D eigenvalue weighted by molar-refractivity contribution is 5.94. The molecule has 1 aliphatic rings. The number of pyridine rings is 1. The van der Waals surface area contributed by atoms with Crippen LogP contribution in [0.25, 0.3) is 5.65 Å². The van der Waals surface area contributed by atoms with Gasteiger partial charge in [0.2, 0.25) is 5.91 Å². The minimum Gasteiger partial charge on any atom is -0.307 e. The van der Waals surface area contributed by atoms with Crippen LogP contribution >= 0.6 is 0 Å². The smallest absolute Gasteiger partial charge is 0.242 e. The number of fused-ring (bicyclic) bond motifs is 1. The van der Waals surface area contributed by atoms with Crippen molar-refractivity contribution in [1.29, 1.82) is 0 Å². The number of nitrogens with one attached hydrogen (secondary N) is 1. The Morgan fingerprint density at radius 3 is 3.12 bits per heavy atom. The van der Waals surface area contributed by atoms with E-state index in [2.05, 4.69) is 10.3 Å². The van der Waals surface area contributed by atoms with E-state index in [1.807, 2.05) is 35.0 Å². The highest BCUT2D eigenvalue weighted by Gasteiger charge is 2.21. The van der Waals surface area contributed by atoms with Gasteiger partial charge in [-0.15, -0.1) is 0 Å². The molecule has 0 spiro atoms. The van der Waals surface area contributed by atoms with E-state index >= 15 is 0 Å². The van der Waals surface area contributed by atoms with Crippen LogP contribution in [0, 0.1) is 0 Å². The van der Waals surface area contributed by atoms with Crippen LogP contribution in [0.2, 0.25) is 0 Å². The van der Waals surface area contributed by atoms with E-state index in [0.717, 1.165) is 18.0 Å². The van der Waals surface area contributed by atoms with Gasteiger partial charge in [0.15, 0.2) is 5.82 Å². The number of aromatic nitrogens is 2. The second-order valence-electron chi connectivity index (χ2n) is 3.79. The van der Waals surface area contributed by atoms with Gasteiger partial charge in [-0.3, -0.25) is 9.69 Å². The van der Waals surface area contributed by atoms with E-state index < -0.39 is 0 Å². The zero-order valence-electron chi connectivity index (χ0n) is 8.76. The largest absolute Gasteiger partial charge is 0.307 e. The maximum Gasteiger partial charge on any atom is 0.242 e. The molecule has 2 aromatic heterocycles. The summed E-state index contributed by atoms with van der Waals surface area (Å²) in [5, 5.41) is 3.04. The van der Waals surface area contributed by atoms with E-state index in [1.54, 1.807) is 4.90 Å². The standard InChI is InChI=1S/C11H12N4O/c16-11-7-12-4-6-15(11)10-8-14-5-2-1-3-9(14)13-10/h1-3,5,8,12H,4,6-7H2. The Morgan fingerprint density at radius 1 is 1.38 bits per heavy atom. The molecule has 0 aromatic carbocycles. The van der Waals surface area contributed by atoms with Crippen molar-refractivity contribution in [1.82, 2.24) is 14.7 Å². The summed E-state index contributed by atoms with van der Waals surface area (Å²) < 4.78 is 1.92. The fourth-order valence-corrected chi connectivity index (χ4v) is 1.90.